The van der Waals surface area contributed by atoms with Crippen molar-refractivity contribution >= 4 is 0 Å². The number of fused-ring (bicyclic) bond motifs is 3. The molecule has 0 amide bonds. The summed E-state index contributed by atoms with van der Waals surface area (Å²) in [7, 11) is 2.16. The summed E-state index contributed by atoms with van der Waals surface area (Å²) in [6.07, 6.45) is 9.15. The second-order valence-electron chi connectivity index (χ2n) is 11.7. The fraction of sp³-hybridized carbons (Fsp3) is 0.343. The molecule has 2 aliphatic carbocycles. The topological polar surface area (TPSA) is 3.88 Å². The summed E-state index contributed by atoms with van der Waals surface area (Å²) in [5.41, 5.74) is 15.2. The molecule has 182 valence electrons. The first-order valence-corrected chi connectivity index (χ1v) is 13.7. The van der Waals surface area contributed by atoms with Crippen LogP contribution in [-0.4, -0.2) is 0 Å². The number of nitrogens with zero attached hydrogens (tertiary/aromatic N) is 1. The maximum absolute atomic E-state index is 2.55. The third-order valence-electron chi connectivity index (χ3n) is 8.98. The van der Waals surface area contributed by atoms with Gasteiger partial charge in [0.15, 0.2) is 6.20 Å². The Balaban J connectivity index is 1.43. The van der Waals surface area contributed by atoms with Crippen LogP contribution in [0.25, 0.3) is 33.5 Å². The third kappa shape index (κ3) is 3.72. The van der Waals surface area contributed by atoms with E-state index in [1.807, 2.05) is 0 Å². The van der Waals surface area contributed by atoms with Crippen molar-refractivity contribution in [3.63, 3.8) is 0 Å². The molecule has 1 nitrogen and oxygen atoms in total. The second-order valence-corrected chi connectivity index (χ2v) is 11.7. The van der Waals surface area contributed by atoms with Gasteiger partial charge in [0, 0.05) is 22.6 Å². The molecule has 6 rings (SSSR count). The van der Waals surface area contributed by atoms with Crippen LogP contribution in [0.1, 0.15) is 79.7 Å². The van der Waals surface area contributed by atoms with Crippen LogP contribution in [0.5, 0.6) is 0 Å². The Kier molecular flexibility index (Phi) is 5.63. The Morgan fingerprint density at radius 2 is 1.39 bits per heavy atom. The highest BCUT2D eigenvalue weighted by Gasteiger charge is 2.36. The van der Waals surface area contributed by atoms with Gasteiger partial charge in [-0.15, -0.1) is 0 Å². The van der Waals surface area contributed by atoms with Crippen LogP contribution in [0.4, 0.5) is 0 Å². The predicted molar refractivity (Wildman–Crippen MR) is 151 cm³/mol. The minimum absolute atomic E-state index is 0.0115. The molecular formula is C35H38N+. The van der Waals surface area contributed by atoms with Crippen LogP contribution in [0.2, 0.25) is 0 Å². The molecule has 3 aromatic carbocycles. The highest BCUT2D eigenvalue weighted by molar-refractivity contribution is 5.84. The van der Waals surface area contributed by atoms with Gasteiger partial charge in [-0.25, -0.2) is 4.57 Å². The first-order valence-electron chi connectivity index (χ1n) is 13.7. The van der Waals surface area contributed by atoms with Gasteiger partial charge in [0.1, 0.15) is 7.05 Å². The molecule has 0 N–H and O–H groups in total. The zero-order valence-electron chi connectivity index (χ0n) is 22.5. The molecule has 4 aromatic rings. The van der Waals surface area contributed by atoms with E-state index < -0.39 is 0 Å². The smallest absolute Gasteiger partial charge is 0.201 e. The van der Waals surface area contributed by atoms with Crippen LogP contribution in [-0.2, 0) is 12.5 Å². The quantitative estimate of drug-likeness (QED) is 0.262. The number of benzene rings is 3. The number of aromatic nitrogens is 1. The number of hydrogen-bond donors (Lipinski definition) is 0. The number of aryl methyl sites for hydroxylation is 3. The fourth-order valence-electron chi connectivity index (χ4n) is 6.83. The van der Waals surface area contributed by atoms with E-state index in [2.05, 4.69) is 112 Å². The third-order valence-corrected chi connectivity index (χ3v) is 8.98. The number of hydrogen-bond acceptors (Lipinski definition) is 0. The van der Waals surface area contributed by atoms with Crippen molar-refractivity contribution in [2.75, 3.05) is 0 Å². The van der Waals surface area contributed by atoms with Crippen LogP contribution >= 0.6 is 0 Å². The molecule has 0 atom stereocenters. The van der Waals surface area contributed by atoms with Crippen molar-refractivity contribution in [3.05, 3.63) is 101 Å². The average Bonchev–Trinajstić information content (AvgIpc) is 3.11. The van der Waals surface area contributed by atoms with E-state index in [0.29, 0.717) is 0 Å². The van der Waals surface area contributed by atoms with Gasteiger partial charge < -0.3 is 0 Å². The lowest BCUT2D eigenvalue weighted by Crippen LogP contribution is -2.31. The van der Waals surface area contributed by atoms with E-state index in [9.17, 15) is 0 Å². The van der Waals surface area contributed by atoms with Gasteiger partial charge in [-0.05, 0) is 89.2 Å². The Labute approximate surface area is 216 Å². The van der Waals surface area contributed by atoms with Crippen molar-refractivity contribution < 1.29 is 4.57 Å². The standard InChI is InChI=1S/C35H38N/c1-23-11-9-10-14-28(23)34-21-31(24(2)22-36(34)5)27-16-18-30-29-17-15-26(25-12-7-6-8-13-25)19-32(29)35(3,4)33(30)20-27/h9-11,14-22,25H,6-8,12-13H2,1-5H3/q+1. The van der Waals surface area contributed by atoms with E-state index in [-0.39, 0.29) is 5.41 Å². The zero-order valence-corrected chi connectivity index (χ0v) is 22.5. The molecular weight excluding hydrogens is 434 g/mol. The summed E-state index contributed by atoms with van der Waals surface area (Å²) >= 11 is 0. The maximum atomic E-state index is 2.55. The van der Waals surface area contributed by atoms with Crippen LogP contribution in [0.15, 0.2) is 72.9 Å². The first kappa shape index (κ1) is 23.2. The molecule has 0 aliphatic heterocycles. The molecule has 1 saturated carbocycles. The van der Waals surface area contributed by atoms with Gasteiger partial charge in [-0.3, -0.25) is 0 Å². The molecule has 0 spiro atoms. The minimum atomic E-state index is 0.0115. The Morgan fingerprint density at radius 1 is 0.694 bits per heavy atom. The van der Waals surface area contributed by atoms with E-state index in [1.54, 1.807) is 5.56 Å². The van der Waals surface area contributed by atoms with Gasteiger partial charge in [-0.2, -0.15) is 0 Å². The van der Waals surface area contributed by atoms with Crippen molar-refractivity contribution in [2.24, 2.45) is 7.05 Å². The second kappa shape index (κ2) is 8.73. The summed E-state index contributed by atoms with van der Waals surface area (Å²) in [5, 5.41) is 0. The van der Waals surface area contributed by atoms with Crippen LogP contribution < -0.4 is 4.57 Å². The maximum Gasteiger partial charge on any atom is 0.213 e. The molecule has 1 heteroatoms. The summed E-state index contributed by atoms with van der Waals surface area (Å²) in [6, 6.07) is 25.6. The molecule has 0 radical (unpaired) electrons. The Hall–Kier alpha value is -3.19. The zero-order chi connectivity index (χ0) is 25.0. The molecule has 0 saturated heterocycles. The highest BCUT2D eigenvalue weighted by atomic mass is 14.9. The fourth-order valence-corrected chi connectivity index (χ4v) is 6.83. The summed E-state index contributed by atoms with van der Waals surface area (Å²) in [5.74, 6) is 0.742. The minimum Gasteiger partial charge on any atom is -0.201 e. The van der Waals surface area contributed by atoms with Crippen LogP contribution in [0, 0.1) is 13.8 Å². The SMILES string of the molecule is Cc1c[n+](C)c(-c2ccccc2C)cc1-c1ccc2c(c1)C(C)(C)c1cc(C3CCCCC3)ccc1-2. The summed E-state index contributed by atoms with van der Waals surface area (Å²) in [6.45, 7) is 9.28. The predicted octanol–water partition coefficient (Wildman–Crippen LogP) is 8.82. The van der Waals surface area contributed by atoms with Crippen molar-refractivity contribution in [3.8, 4) is 33.5 Å². The van der Waals surface area contributed by atoms with Gasteiger partial charge in [0.25, 0.3) is 0 Å². The Morgan fingerprint density at radius 3 is 2.14 bits per heavy atom. The van der Waals surface area contributed by atoms with E-state index >= 15 is 0 Å². The highest BCUT2D eigenvalue weighted by Crippen LogP contribution is 2.51. The van der Waals surface area contributed by atoms with E-state index in [1.165, 1.54) is 87.9 Å². The van der Waals surface area contributed by atoms with Gasteiger partial charge in [0.05, 0.1) is 0 Å². The molecule has 2 aliphatic rings. The van der Waals surface area contributed by atoms with E-state index in [0.717, 1.165) is 5.92 Å². The van der Waals surface area contributed by atoms with Gasteiger partial charge >= 0.3 is 0 Å². The molecule has 1 fully saturated rings. The van der Waals surface area contributed by atoms with E-state index in [4.69, 9.17) is 0 Å². The lowest BCUT2D eigenvalue weighted by Gasteiger charge is -2.26. The number of pyridine rings is 1. The average molecular weight is 473 g/mol. The monoisotopic (exact) mass is 472 g/mol. The van der Waals surface area contributed by atoms with Crippen molar-refractivity contribution in [1.82, 2.24) is 0 Å². The van der Waals surface area contributed by atoms with Crippen molar-refractivity contribution in [2.45, 2.75) is 71.1 Å². The first-order chi connectivity index (χ1) is 17.3. The molecule has 0 unspecified atom stereocenters. The number of rotatable bonds is 3. The molecule has 36 heavy (non-hydrogen) atoms. The summed E-state index contributed by atoms with van der Waals surface area (Å²) in [4.78, 5) is 0. The molecule has 0 bridgehead atoms. The summed E-state index contributed by atoms with van der Waals surface area (Å²) < 4.78 is 2.26. The molecule has 1 heterocycles. The van der Waals surface area contributed by atoms with Gasteiger partial charge in [-0.1, -0.05) is 81.6 Å². The Bertz CT molecular complexity index is 1470. The lowest BCUT2D eigenvalue weighted by molar-refractivity contribution is -0.660. The largest absolute Gasteiger partial charge is 0.213 e. The lowest BCUT2D eigenvalue weighted by atomic mass is 9.78. The normalized spacial score (nSPS) is 16.6. The van der Waals surface area contributed by atoms with Crippen molar-refractivity contribution in [1.29, 1.82) is 0 Å². The van der Waals surface area contributed by atoms with Crippen LogP contribution in [0.3, 0.4) is 0 Å². The van der Waals surface area contributed by atoms with Gasteiger partial charge in [0.2, 0.25) is 5.69 Å². The molecule has 1 aromatic heterocycles.